The van der Waals surface area contributed by atoms with Crippen LogP contribution in [0.3, 0.4) is 0 Å². The summed E-state index contributed by atoms with van der Waals surface area (Å²) in [5.74, 6) is -0.377. The monoisotopic (exact) mass is 410 g/mol. The summed E-state index contributed by atoms with van der Waals surface area (Å²) < 4.78 is 17.3. The third kappa shape index (κ3) is 7.56. The van der Waals surface area contributed by atoms with Crippen molar-refractivity contribution < 1.29 is 18.2 Å². The van der Waals surface area contributed by atoms with Crippen molar-refractivity contribution in [2.75, 3.05) is 16.8 Å². The molecule has 0 fully saturated rings. The fourth-order valence-corrected chi connectivity index (χ4v) is 3.44. The topological polar surface area (TPSA) is 88.4 Å². The molecule has 0 saturated heterocycles. The molecule has 27 heavy (non-hydrogen) atoms. The van der Waals surface area contributed by atoms with Gasteiger partial charge in [0.15, 0.2) is 0 Å². The average molecular weight is 411 g/mol. The van der Waals surface area contributed by atoms with Crippen LogP contribution >= 0.6 is 11.6 Å². The van der Waals surface area contributed by atoms with Crippen molar-refractivity contribution in [3.8, 4) is 0 Å². The van der Waals surface area contributed by atoms with E-state index in [2.05, 4.69) is 10.6 Å². The number of aryl methyl sites for hydroxylation is 2. The Morgan fingerprint density at radius 1 is 1.22 bits per heavy atom. The van der Waals surface area contributed by atoms with Gasteiger partial charge in [0.2, 0.25) is 11.8 Å². The molecule has 2 amide bonds. The maximum Gasteiger partial charge on any atom is 0.237 e. The van der Waals surface area contributed by atoms with Crippen LogP contribution in [0.5, 0.6) is 0 Å². The van der Waals surface area contributed by atoms with E-state index in [1.165, 1.54) is 0 Å². The molecule has 0 aliphatic carbocycles. The standard InChI is InChI=1S/C19H23ClN2O4S/c1-13-5-7-15(10-17(13)20)22-19(24)12-27(25)11-18(23)21-14(2)6-8-16-4-3-9-26-16/h3-5,7,9-10,14H,6,8,11-12H2,1-2H3,(H,21,23)(H,22,24)/t14-,27+/m0/s1. The molecule has 1 aromatic heterocycles. The van der Waals surface area contributed by atoms with Crippen molar-refractivity contribution in [3.05, 3.63) is 52.9 Å². The Bertz CT molecular complexity index is 808. The minimum absolute atomic E-state index is 0.0804. The van der Waals surface area contributed by atoms with Gasteiger partial charge in [-0.1, -0.05) is 17.7 Å². The first-order chi connectivity index (χ1) is 12.8. The normalized spacial score (nSPS) is 13.0. The Morgan fingerprint density at radius 3 is 2.63 bits per heavy atom. The van der Waals surface area contributed by atoms with Gasteiger partial charge < -0.3 is 15.1 Å². The van der Waals surface area contributed by atoms with E-state index in [0.717, 1.165) is 11.3 Å². The summed E-state index contributed by atoms with van der Waals surface area (Å²) in [4.78, 5) is 23.9. The minimum Gasteiger partial charge on any atom is -0.469 e. The van der Waals surface area contributed by atoms with E-state index in [4.69, 9.17) is 16.0 Å². The highest BCUT2D eigenvalue weighted by atomic mass is 35.5. The molecule has 2 atom stereocenters. The van der Waals surface area contributed by atoms with Crippen molar-refractivity contribution >= 4 is 39.9 Å². The minimum atomic E-state index is -1.59. The van der Waals surface area contributed by atoms with Crippen LogP contribution in [-0.4, -0.2) is 33.6 Å². The van der Waals surface area contributed by atoms with Gasteiger partial charge in [0, 0.05) is 34.0 Å². The maximum atomic E-state index is 12.0. The fourth-order valence-electron chi connectivity index (χ4n) is 2.41. The predicted octanol–water partition coefficient (Wildman–Crippen LogP) is 3.07. The van der Waals surface area contributed by atoms with Crippen molar-refractivity contribution in [1.29, 1.82) is 0 Å². The summed E-state index contributed by atoms with van der Waals surface area (Å²) in [5.41, 5.74) is 1.43. The zero-order valence-electron chi connectivity index (χ0n) is 15.3. The zero-order valence-corrected chi connectivity index (χ0v) is 16.9. The molecular formula is C19H23ClN2O4S. The largest absolute Gasteiger partial charge is 0.469 e. The summed E-state index contributed by atoms with van der Waals surface area (Å²) in [5, 5.41) is 5.96. The molecule has 0 unspecified atom stereocenters. The van der Waals surface area contributed by atoms with Crippen molar-refractivity contribution in [2.24, 2.45) is 0 Å². The second-order valence-corrected chi connectivity index (χ2v) is 8.19. The Balaban J connectivity index is 1.71. The van der Waals surface area contributed by atoms with Crippen LogP contribution < -0.4 is 10.6 Å². The molecule has 1 aromatic carbocycles. The molecule has 0 radical (unpaired) electrons. The van der Waals surface area contributed by atoms with Gasteiger partial charge in [-0.3, -0.25) is 13.8 Å². The number of benzene rings is 1. The van der Waals surface area contributed by atoms with Crippen molar-refractivity contribution in [2.45, 2.75) is 32.7 Å². The Morgan fingerprint density at radius 2 is 1.96 bits per heavy atom. The molecule has 146 valence electrons. The SMILES string of the molecule is Cc1ccc(NC(=O)C[S@](=O)CC(=O)N[C@@H](C)CCc2ccco2)cc1Cl. The van der Waals surface area contributed by atoms with E-state index in [1.807, 2.05) is 26.0 Å². The van der Waals surface area contributed by atoms with Crippen LogP contribution in [0.25, 0.3) is 0 Å². The summed E-state index contributed by atoms with van der Waals surface area (Å²) in [6, 6.07) is 8.75. The van der Waals surface area contributed by atoms with Gasteiger partial charge in [0.25, 0.3) is 0 Å². The van der Waals surface area contributed by atoms with Crippen LogP contribution in [0.1, 0.15) is 24.7 Å². The number of hydrogen-bond donors (Lipinski definition) is 2. The molecule has 8 heteroatoms. The quantitative estimate of drug-likeness (QED) is 0.664. The molecule has 0 aliphatic rings. The highest BCUT2D eigenvalue weighted by Crippen LogP contribution is 2.19. The van der Waals surface area contributed by atoms with E-state index in [0.29, 0.717) is 23.6 Å². The molecule has 2 rings (SSSR count). The zero-order chi connectivity index (χ0) is 19.8. The van der Waals surface area contributed by atoms with E-state index < -0.39 is 16.7 Å². The van der Waals surface area contributed by atoms with Gasteiger partial charge in [-0.15, -0.1) is 0 Å². The first-order valence-corrected chi connectivity index (χ1v) is 10.4. The van der Waals surface area contributed by atoms with Crippen LogP contribution in [-0.2, 0) is 26.8 Å². The summed E-state index contributed by atoms with van der Waals surface area (Å²) in [7, 11) is -1.59. The third-order valence-electron chi connectivity index (χ3n) is 3.85. The molecule has 0 bridgehead atoms. The number of hydrogen-bond acceptors (Lipinski definition) is 4. The molecule has 6 nitrogen and oxygen atoms in total. The number of amides is 2. The Labute approximate surface area is 166 Å². The second-order valence-electron chi connectivity index (χ2n) is 6.33. The molecule has 0 aliphatic heterocycles. The lowest BCUT2D eigenvalue weighted by Crippen LogP contribution is -2.37. The number of carbonyl (C=O) groups is 2. The second kappa shape index (κ2) is 10.3. The number of halogens is 1. The van der Waals surface area contributed by atoms with Gasteiger partial charge in [-0.2, -0.15) is 0 Å². The third-order valence-corrected chi connectivity index (χ3v) is 5.43. The lowest BCUT2D eigenvalue weighted by Gasteiger charge is -2.13. The lowest BCUT2D eigenvalue weighted by molar-refractivity contribution is -0.119. The van der Waals surface area contributed by atoms with Gasteiger partial charge in [0.1, 0.15) is 17.3 Å². The van der Waals surface area contributed by atoms with E-state index >= 15 is 0 Å². The summed E-state index contributed by atoms with van der Waals surface area (Å²) in [6.07, 6.45) is 3.02. The number of carbonyl (C=O) groups excluding carboxylic acids is 2. The molecule has 0 spiro atoms. The number of nitrogens with one attached hydrogen (secondary N) is 2. The average Bonchev–Trinajstić information content (AvgIpc) is 3.09. The Hall–Kier alpha value is -2.12. The number of furan rings is 1. The highest BCUT2D eigenvalue weighted by molar-refractivity contribution is 7.86. The van der Waals surface area contributed by atoms with Gasteiger partial charge in [-0.25, -0.2) is 0 Å². The van der Waals surface area contributed by atoms with Crippen molar-refractivity contribution in [1.82, 2.24) is 5.32 Å². The van der Waals surface area contributed by atoms with Gasteiger partial charge >= 0.3 is 0 Å². The highest BCUT2D eigenvalue weighted by Gasteiger charge is 2.15. The maximum absolute atomic E-state index is 12.0. The summed E-state index contributed by atoms with van der Waals surface area (Å²) >= 11 is 6.01. The van der Waals surface area contributed by atoms with Crippen LogP contribution in [0.15, 0.2) is 41.0 Å². The van der Waals surface area contributed by atoms with Crippen molar-refractivity contribution in [3.63, 3.8) is 0 Å². The first kappa shape index (κ1) is 21.2. The number of rotatable bonds is 9. The molecular weight excluding hydrogens is 388 g/mol. The first-order valence-electron chi connectivity index (χ1n) is 8.56. The van der Waals surface area contributed by atoms with Gasteiger partial charge in [0.05, 0.1) is 6.26 Å². The van der Waals surface area contributed by atoms with E-state index in [1.54, 1.807) is 24.5 Å². The molecule has 1 heterocycles. The van der Waals surface area contributed by atoms with Crippen LogP contribution in [0, 0.1) is 6.92 Å². The smallest absolute Gasteiger partial charge is 0.237 e. The molecule has 2 N–H and O–H groups in total. The summed E-state index contributed by atoms with van der Waals surface area (Å²) in [6.45, 7) is 3.73. The van der Waals surface area contributed by atoms with Gasteiger partial charge in [-0.05, 0) is 50.1 Å². The predicted molar refractivity (Wildman–Crippen MR) is 107 cm³/mol. The fraction of sp³-hybridized carbons (Fsp3) is 0.368. The number of anilines is 1. The lowest BCUT2D eigenvalue weighted by atomic mass is 10.1. The van der Waals surface area contributed by atoms with E-state index in [9.17, 15) is 13.8 Å². The van der Waals surface area contributed by atoms with Crippen LogP contribution in [0.2, 0.25) is 5.02 Å². The molecule has 2 aromatic rings. The van der Waals surface area contributed by atoms with E-state index in [-0.39, 0.29) is 23.5 Å². The van der Waals surface area contributed by atoms with Crippen LogP contribution in [0.4, 0.5) is 5.69 Å². The Kier molecular flexibility index (Phi) is 8.06. The molecule has 0 saturated carbocycles.